The Hall–Kier alpha value is -2.22. The largest absolute Gasteiger partial charge is 0.429 e. The van der Waals surface area contributed by atoms with E-state index in [0.29, 0.717) is 25.5 Å². The van der Waals surface area contributed by atoms with Crippen molar-refractivity contribution in [2.75, 3.05) is 6.61 Å². The zero-order valence-corrected chi connectivity index (χ0v) is 18.7. The lowest BCUT2D eigenvalue weighted by atomic mass is 9.89. The standard InChI is InChI=1S/C25H28F6O2/c1-3-4-5-6-17-9-14-21(32-15-17)19-12-13-20(22(23(19)26)24(27,28)29)25(30,31)33-18-10-7-16(2)8-11-18/h7-8,10-13,17,21H,3-6,9,14-15H2,1-2H3. The molecule has 1 aliphatic heterocycles. The number of halogens is 6. The van der Waals surface area contributed by atoms with Crippen LogP contribution in [0.5, 0.6) is 5.75 Å². The monoisotopic (exact) mass is 474 g/mol. The van der Waals surface area contributed by atoms with E-state index in [1.54, 1.807) is 6.92 Å². The van der Waals surface area contributed by atoms with Gasteiger partial charge in [0.2, 0.25) is 0 Å². The highest BCUT2D eigenvalue weighted by atomic mass is 19.4. The predicted octanol–water partition coefficient (Wildman–Crippen LogP) is 8.33. The second kappa shape index (κ2) is 10.4. The maximum Gasteiger partial charge on any atom is 0.427 e. The van der Waals surface area contributed by atoms with Gasteiger partial charge in [-0.15, -0.1) is 0 Å². The summed E-state index contributed by atoms with van der Waals surface area (Å²) in [6.07, 6.45) is -5.48. The molecule has 2 aromatic rings. The number of hydrogen-bond donors (Lipinski definition) is 0. The van der Waals surface area contributed by atoms with Crippen LogP contribution in [-0.4, -0.2) is 6.61 Å². The van der Waals surface area contributed by atoms with Gasteiger partial charge in [0.05, 0.1) is 18.3 Å². The minimum atomic E-state index is -5.34. The van der Waals surface area contributed by atoms with Gasteiger partial charge in [-0.1, -0.05) is 49.9 Å². The van der Waals surface area contributed by atoms with E-state index in [4.69, 9.17) is 4.74 Å². The molecule has 0 N–H and O–H groups in total. The molecule has 0 radical (unpaired) electrons. The van der Waals surface area contributed by atoms with Crippen LogP contribution in [0.4, 0.5) is 26.3 Å². The topological polar surface area (TPSA) is 18.5 Å². The Balaban J connectivity index is 1.85. The van der Waals surface area contributed by atoms with Crippen LogP contribution in [0, 0.1) is 18.7 Å². The number of ether oxygens (including phenoxy) is 2. The Morgan fingerprint density at radius 1 is 0.970 bits per heavy atom. The molecule has 1 saturated heterocycles. The van der Waals surface area contributed by atoms with Gasteiger partial charge in [0, 0.05) is 5.56 Å². The first-order chi connectivity index (χ1) is 15.5. The van der Waals surface area contributed by atoms with Crippen LogP contribution >= 0.6 is 0 Å². The summed E-state index contributed by atoms with van der Waals surface area (Å²) in [4.78, 5) is 0. The van der Waals surface area contributed by atoms with Gasteiger partial charge in [-0.05, 0) is 50.3 Å². The molecule has 2 atom stereocenters. The average molecular weight is 474 g/mol. The molecule has 0 aromatic heterocycles. The Bertz CT molecular complexity index is 916. The molecule has 33 heavy (non-hydrogen) atoms. The van der Waals surface area contributed by atoms with Crippen molar-refractivity contribution in [2.24, 2.45) is 5.92 Å². The van der Waals surface area contributed by atoms with Crippen molar-refractivity contribution in [1.82, 2.24) is 0 Å². The fraction of sp³-hybridized carbons (Fsp3) is 0.520. The van der Waals surface area contributed by atoms with Gasteiger partial charge in [-0.25, -0.2) is 4.39 Å². The van der Waals surface area contributed by atoms with Crippen molar-refractivity contribution in [1.29, 1.82) is 0 Å². The van der Waals surface area contributed by atoms with Crippen LogP contribution in [0.2, 0.25) is 0 Å². The third-order valence-electron chi connectivity index (χ3n) is 5.97. The maximum atomic E-state index is 15.1. The van der Waals surface area contributed by atoms with Gasteiger partial charge >= 0.3 is 12.3 Å². The van der Waals surface area contributed by atoms with Crippen LogP contribution in [0.1, 0.15) is 73.8 Å². The summed E-state index contributed by atoms with van der Waals surface area (Å²) < 4.78 is 96.1. The lowest BCUT2D eigenvalue weighted by molar-refractivity contribution is -0.195. The van der Waals surface area contributed by atoms with E-state index in [1.165, 1.54) is 24.3 Å². The van der Waals surface area contributed by atoms with Crippen molar-refractivity contribution < 1.29 is 35.8 Å². The molecular formula is C25H28F6O2. The van der Waals surface area contributed by atoms with Crippen LogP contribution < -0.4 is 4.74 Å². The first-order valence-corrected chi connectivity index (χ1v) is 11.2. The third kappa shape index (κ3) is 6.22. The molecule has 3 rings (SSSR count). The molecule has 2 unspecified atom stereocenters. The predicted molar refractivity (Wildman–Crippen MR) is 113 cm³/mol. The Labute approximate surface area is 189 Å². The zero-order chi connectivity index (χ0) is 24.2. The minimum Gasteiger partial charge on any atom is -0.429 e. The van der Waals surface area contributed by atoms with Gasteiger partial charge in [0.1, 0.15) is 17.1 Å². The average Bonchev–Trinajstić information content (AvgIpc) is 2.75. The van der Waals surface area contributed by atoms with Crippen molar-refractivity contribution in [3.8, 4) is 5.75 Å². The van der Waals surface area contributed by atoms with E-state index in [0.717, 1.165) is 37.3 Å². The normalized spacial score (nSPS) is 19.5. The van der Waals surface area contributed by atoms with Crippen molar-refractivity contribution in [3.05, 3.63) is 64.5 Å². The maximum absolute atomic E-state index is 15.1. The van der Waals surface area contributed by atoms with Crippen LogP contribution in [-0.2, 0) is 17.0 Å². The molecule has 182 valence electrons. The SMILES string of the molecule is CCCCCC1CCC(c2ccc(C(F)(F)Oc3ccc(C)cc3)c(C(F)(F)F)c2F)OC1. The minimum absolute atomic E-state index is 0.268. The van der Waals surface area contributed by atoms with E-state index in [1.807, 2.05) is 0 Å². The van der Waals surface area contributed by atoms with Crippen molar-refractivity contribution in [2.45, 2.75) is 70.8 Å². The van der Waals surface area contributed by atoms with Crippen LogP contribution in [0.15, 0.2) is 36.4 Å². The number of benzene rings is 2. The number of unbranched alkanes of at least 4 members (excludes halogenated alkanes) is 2. The molecule has 8 heteroatoms. The molecule has 0 saturated carbocycles. The molecular weight excluding hydrogens is 446 g/mol. The summed E-state index contributed by atoms with van der Waals surface area (Å²) >= 11 is 0. The number of hydrogen-bond acceptors (Lipinski definition) is 2. The molecule has 2 nitrogen and oxygen atoms in total. The van der Waals surface area contributed by atoms with E-state index in [2.05, 4.69) is 11.7 Å². The van der Waals surface area contributed by atoms with Crippen molar-refractivity contribution >= 4 is 0 Å². The fourth-order valence-electron chi connectivity index (χ4n) is 4.13. The second-order valence-corrected chi connectivity index (χ2v) is 8.58. The van der Waals surface area contributed by atoms with Gasteiger partial charge in [0.25, 0.3) is 0 Å². The molecule has 1 aliphatic rings. The highest BCUT2D eigenvalue weighted by Gasteiger charge is 2.48. The summed E-state index contributed by atoms with van der Waals surface area (Å²) in [5.41, 5.74) is -3.18. The summed E-state index contributed by atoms with van der Waals surface area (Å²) in [5.74, 6) is -1.79. The Kier molecular flexibility index (Phi) is 7.98. The fourth-order valence-corrected chi connectivity index (χ4v) is 4.13. The molecule has 2 aromatic carbocycles. The first kappa shape index (κ1) is 25.4. The second-order valence-electron chi connectivity index (χ2n) is 8.58. The highest BCUT2D eigenvalue weighted by Crippen LogP contribution is 2.45. The summed E-state index contributed by atoms with van der Waals surface area (Å²) in [6.45, 7) is 4.12. The summed E-state index contributed by atoms with van der Waals surface area (Å²) in [5, 5.41) is 0. The molecule has 1 fully saturated rings. The van der Waals surface area contributed by atoms with Gasteiger partial charge in [-0.2, -0.15) is 22.0 Å². The van der Waals surface area contributed by atoms with Gasteiger partial charge in [0.15, 0.2) is 0 Å². The summed E-state index contributed by atoms with van der Waals surface area (Å²) in [7, 11) is 0. The lowest BCUT2D eigenvalue weighted by Crippen LogP contribution is -2.29. The first-order valence-electron chi connectivity index (χ1n) is 11.2. The quantitative estimate of drug-likeness (QED) is 0.283. The van der Waals surface area contributed by atoms with E-state index >= 15 is 4.39 Å². The molecule has 0 amide bonds. The number of alkyl halides is 5. The third-order valence-corrected chi connectivity index (χ3v) is 5.97. The smallest absolute Gasteiger partial charge is 0.427 e. The Morgan fingerprint density at radius 3 is 2.24 bits per heavy atom. The van der Waals surface area contributed by atoms with Gasteiger partial charge < -0.3 is 9.47 Å². The van der Waals surface area contributed by atoms with E-state index in [9.17, 15) is 22.0 Å². The summed E-state index contributed by atoms with van der Waals surface area (Å²) in [6, 6.07) is 6.94. The Morgan fingerprint density at radius 2 is 1.67 bits per heavy atom. The van der Waals surface area contributed by atoms with Crippen LogP contribution in [0.25, 0.3) is 0 Å². The highest BCUT2D eigenvalue weighted by molar-refractivity contribution is 5.40. The zero-order valence-electron chi connectivity index (χ0n) is 18.7. The number of rotatable bonds is 8. The van der Waals surface area contributed by atoms with E-state index in [-0.39, 0.29) is 17.2 Å². The number of aryl methyl sites for hydroxylation is 1. The van der Waals surface area contributed by atoms with E-state index < -0.39 is 35.3 Å². The molecule has 0 spiro atoms. The molecule has 0 bridgehead atoms. The lowest BCUT2D eigenvalue weighted by Gasteiger charge is -2.31. The molecule has 0 aliphatic carbocycles. The van der Waals surface area contributed by atoms with Gasteiger partial charge in [-0.3, -0.25) is 0 Å². The van der Waals surface area contributed by atoms with Crippen LogP contribution in [0.3, 0.4) is 0 Å². The molecule has 1 heterocycles. The van der Waals surface area contributed by atoms with Crippen molar-refractivity contribution in [3.63, 3.8) is 0 Å².